The number of hydroxylamine groups is 1. The van der Waals surface area contributed by atoms with Crippen molar-refractivity contribution in [3.63, 3.8) is 0 Å². The molecule has 1 aromatic heterocycles. The highest BCUT2D eigenvalue weighted by Crippen LogP contribution is 2.44. The Kier molecular flexibility index (Phi) is 7.56. The van der Waals surface area contributed by atoms with E-state index in [1.807, 2.05) is 6.07 Å². The highest BCUT2D eigenvalue weighted by Gasteiger charge is 2.41. The fourth-order valence-electron chi connectivity index (χ4n) is 5.73. The number of halogens is 4. The average molecular weight is 601 g/mol. The van der Waals surface area contributed by atoms with Crippen LogP contribution < -0.4 is 25.3 Å². The van der Waals surface area contributed by atoms with Crippen LogP contribution in [-0.4, -0.2) is 54.9 Å². The molecule has 0 unspecified atom stereocenters. The van der Waals surface area contributed by atoms with Gasteiger partial charge in [-0.25, -0.2) is 19.4 Å². The molecule has 3 aliphatic rings. The van der Waals surface area contributed by atoms with Gasteiger partial charge in [0.05, 0.1) is 61.1 Å². The fraction of sp³-hybridized carbons (Fsp3) is 0.345. The van der Waals surface area contributed by atoms with Crippen LogP contribution >= 0.6 is 0 Å². The van der Waals surface area contributed by atoms with E-state index >= 15 is 0 Å². The number of benzene rings is 2. The lowest BCUT2D eigenvalue weighted by Gasteiger charge is -2.31. The monoisotopic (exact) mass is 600 g/mol. The highest BCUT2D eigenvalue weighted by atomic mass is 19.4. The molecule has 1 amide bonds. The molecule has 6 rings (SSSR count). The molecule has 226 valence electrons. The third kappa shape index (κ3) is 5.55. The molecule has 3 aromatic rings. The molecule has 0 saturated carbocycles. The van der Waals surface area contributed by atoms with Crippen molar-refractivity contribution in [2.45, 2.75) is 37.2 Å². The summed E-state index contributed by atoms with van der Waals surface area (Å²) < 4.78 is 66.5. The molecule has 3 aliphatic heterocycles. The van der Waals surface area contributed by atoms with Gasteiger partial charge in [-0.3, -0.25) is 9.63 Å². The number of rotatable bonds is 8. The van der Waals surface area contributed by atoms with E-state index in [-0.39, 0.29) is 42.5 Å². The Labute approximate surface area is 244 Å². The van der Waals surface area contributed by atoms with Crippen LogP contribution in [-0.2, 0) is 20.5 Å². The minimum atomic E-state index is -4.84. The quantitative estimate of drug-likeness (QED) is 0.261. The van der Waals surface area contributed by atoms with E-state index in [9.17, 15) is 22.4 Å². The van der Waals surface area contributed by atoms with E-state index in [4.69, 9.17) is 14.3 Å². The number of amides is 1. The van der Waals surface area contributed by atoms with Gasteiger partial charge >= 0.3 is 6.18 Å². The number of anilines is 5. The molecule has 0 spiro atoms. The van der Waals surface area contributed by atoms with E-state index in [2.05, 4.69) is 32.1 Å². The van der Waals surface area contributed by atoms with E-state index in [1.54, 1.807) is 6.07 Å². The lowest BCUT2D eigenvalue weighted by atomic mass is 10.0. The molecule has 2 N–H and O–H groups in total. The Hall–Kier alpha value is -4.43. The van der Waals surface area contributed by atoms with Gasteiger partial charge in [0.25, 0.3) is 0 Å². The van der Waals surface area contributed by atoms with Crippen LogP contribution in [0.3, 0.4) is 0 Å². The maximum atomic E-state index is 15.0. The van der Waals surface area contributed by atoms with Crippen LogP contribution in [0.4, 0.5) is 46.3 Å². The van der Waals surface area contributed by atoms with Gasteiger partial charge in [0.15, 0.2) is 5.82 Å². The first-order chi connectivity index (χ1) is 20.7. The molecule has 43 heavy (non-hydrogen) atoms. The Morgan fingerprint density at radius 1 is 1.21 bits per heavy atom. The van der Waals surface area contributed by atoms with Crippen molar-refractivity contribution in [3.8, 4) is 5.75 Å². The summed E-state index contributed by atoms with van der Waals surface area (Å²) >= 11 is 0. The summed E-state index contributed by atoms with van der Waals surface area (Å²) in [5.41, 5.74) is 0.275. The number of alkyl halides is 3. The third-order valence-corrected chi connectivity index (χ3v) is 7.71. The fourth-order valence-corrected chi connectivity index (χ4v) is 5.73. The van der Waals surface area contributed by atoms with Crippen molar-refractivity contribution in [2.75, 3.05) is 47.5 Å². The summed E-state index contributed by atoms with van der Waals surface area (Å²) in [6, 6.07) is 7.57. The van der Waals surface area contributed by atoms with Gasteiger partial charge in [-0.05, 0) is 24.6 Å². The van der Waals surface area contributed by atoms with Crippen LogP contribution in [0.25, 0.3) is 0 Å². The molecule has 3 fully saturated rings. The molecule has 0 radical (unpaired) electrons. The zero-order chi connectivity index (χ0) is 30.3. The number of hydrogen-bond acceptors (Lipinski definition) is 9. The van der Waals surface area contributed by atoms with Gasteiger partial charge in [0.2, 0.25) is 5.91 Å². The Morgan fingerprint density at radius 3 is 2.74 bits per heavy atom. The maximum Gasteiger partial charge on any atom is 0.419 e. The normalized spacial score (nSPS) is 21.3. The minimum absolute atomic E-state index is 0.122. The SMILES string of the molecule is C=CC(=O)Nc1cc(Nc2cc(N3OCC[C@@H]3c3cccc(C(F)(F)F)c3F)ncn2)c(OC)cc1N1C[C@@H]2C[C@H]1CO2. The van der Waals surface area contributed by atoms with Gasteiger partial charge < -0.3 is 25.0 Å². The van der Waals surface area contributed by atoms with Gasteiger partial charge in [-0.15, -0.1) is 0 Å². The second-order valence-corrected chi connectivity index (χ2v) is 10.3. The number of hydrogen-bond donors (Lipinski definition) is 2. The summed E-state index contributed by atoms with van der Waals surface area (Å²) in [5, 5.41) is 7.31. The number of morpholine rings is 1. The summed E-state index contributed by atoms with van der Waals surface area (Å²) in [7, 11) is 1.52. The van der Waals surface area contributed by atoms with E-state index < -0.39 is 23.6 Å². The smallest absolute Gasteiger partial charge is 0.419 e. The predicted octanol–water partition coefficient (Wildman–Crippen LogP) is 5.37. The number of ether oxygens (including phenoxy) is 2. The number of carbonyl (C=O) groups excluding carboxylic acids is 1. The van der Waals surface area contributed by atoms with Crippen LogP contribution in [0.1, 0.15) is 30.0 Å². The van der Waals surface area contributed by atoms with Crippen molar-refractivity contribution in [1.29, 1.82) is 0 Å². The van der Waals surface area contributed by atoms with Gasteiger partial charge in [0.1, 0.15) is 23.7 Å². The van der Waals surface area contributed by atoms with Gasteiger partial charge in [0, 0.05) is 30.7 Å². The predicted molar refractivity (Wildman–Crippen MR) is 150 cm³/mol. The maximum absolute atomic E-state index is 15.0. The highest BCUT2D eigenvalue weighted by molar-refractivity contribution is 6.02. The average Bonchev–Trinajstić information content (AvgIpc) is 3.75. The van der Waals surface area contributed by atoms with Crippen LogP contribution in [0, 0.1) is 5.82 Å². The molecular formula is C29H28F4N6O4. The van der Waals surface area contributed by atoms with Crippen LogP contribution in [0.5, 0.6) is 5.75 Å². The first-order valence-corrected chi connectivity index (χ1v) is 13.6. The summed E-state index contributed by atoms with van der Waals surface area (Å²) in [6.07, 6.45) is -1.15. The van der Waals surface area contributed by atoms with Crippen LogP contribution in [0.15, 0.2) is 55.4 Å². The topological polar surface area (TPSA) is 101 Å². The zero-order valence-electron chi connectivity index (χ0n) is 23.0. The third-order valence-electron chi connectivity index (χ3n) is 7.71. The van der Waals surface area contributed by atoms with Crippen molar-refractivity contribution >= 4 is 34.6 Å². The Bertz CT molecular complexity index is 1550. The van der Waals surface area contributed by atoms with Crippen molar-refractivity contribution < 1.29 is 36.7 Å². The molecule has 3 atom stereocenters. The van der Waals surface area contributed by atoms with E-state index in [1.165, 1.54) is 42.8 Å². The lowest BCUT2D eigenvalue weighted by molar-refractivity contribution is -0.140. The van der Waals surface area contributed by atoms with Gasteiger partial charge in [-0.2, -0.15) is 13.2 Å². The van der Waals surface area contributed by atoms with Crippen molar-refractivity contribution in [1.82, 2.24) is 9.97 Å². The first kappa shape index (κ1) is 28.7. The summed E-state index contributed by atoms with van der Waals surface area (Å²) in [6.45, 7) is 4.97. The molecule has 2 bridgehead atoms. The van der Waals surface area contributed by atoms with E-state index in [0.29, 0.717) is 42.2 Å². The summed E-state index contributed by atoms with van der Waals surface area (Å²) in [5.74, 6) is -0.761. The number of aromatic nitrogens is 2. The Balaban J connectivity index is 1.30. The largest absolute Gasteiger partial charge is 0.494 e. The minimum Gasteiger partial charge on any atom is -0.494 e. The first-order valence-electron chi connectivity index (χ1n) is 13.6. The molecule has 3 saturated heterocycles. The standard InChI is InChI=1S/C29H28F4N6O4/c1-3-27(40)37-20-10-21(24(41-2)11-23(20)38-13-17-9-16(38)14-42-17)36-25-12-26(35-15-34-25)39-22(7-8-43-39)18-5-4-6-19(28(18)30)29(31,32)33/h3-6,10-12,15-17,22H,1,7-9,13-14H2,2H3,(H,37,40)(H,34,35,36)/t16-,17-,22+/m0/s1. The van der Waals surface area contributed by atoms with Gasteiger partial charge in [-0.1, -0.05) is 18.7 Å². The number of fused-ring (bicyclic) bond motifs is 2. The lowest BCUT2D eigenvalue weighted by Crippen LogP contribution is -2.37. The van der Waals surface area contributed by atoms with Crippen LogP contribution in [0.2, 0.25) is 0 Å². The second-order valence-electron chi connectivity index (χ2n) is 10.3. The number of nitrogens with zero attached hydrogens (tertiary/aromatic N) is 4. The molecular weight excluding hydrogens is 572 g/mol. The summed E-state index contributed by atoms with van der Waals surface area (Å²) in [4.78, 5) is 28.7. The van der Waals surface area contributed by atoms with E-state index in [0.717, 1.165) is 12.1 Å². The number of nitrogens with one attached hydrogen (secondary N) is 2. The molecule has 4 heterocycles. The van der Waals surface area contributed by atoms with Crippen molar-refractivity contribution in [2.24, 2.45) is 0 Å². The molecule has 0 aliphatic carbocycles. The number of carbonyl (C=O) groups is 1. The molecule has 2 aromatic carbocycles. The molecule has 14 heteroatoms. The molecule has 10 nitrogen and oxygen atoms in total. The van der Waals surface area contributed by atoms with Crippen molar-refractivity contribution in [3.05, 3.63) is 72.3 Å². The number of methoxy groups -OCH3 is 1. The Morgan fingerprint density at radius 2 is 2.05 bits per heavy atom. The second kappa shape index (κ2) is 11.3. The zero-order valence-corrected chi connectivity index (χ0v) is 23.0.